The van der Waals surface area contributed by atoms with Crippen LogP contribution >= 0.6 is 0 Å². The topological polar surface area (TPSA) is 41.6 Å². The molecule has 0 saturated carbocycles. The van der Waals surface area contributed by atoms with E-state index in [2.05, 4.69) is 35.3 Å². The van der Waals surface area contributed by atoms with Gasteiger partial charge in [0.2, 0.25) is 0 Å². The van der Waals surface area contributed by atoms with E-state index in [0.29, 0.717) is 12.3 Å². The van der Waals surface area contributed by atoms with Crippen LogP contribution in [0.4, 0.5) is 0 Å². The number of para-hydroxylation sites is 1. The predicted octanol–water partition coefficient (Wildman–Crippen LogP) is 3.61. The van der Waals surface area contributed by atoms with Crippen LogP contribution in [0, 0.1) is 5.92 Å². The molecule has 2 aromatic rings. The number of piperidine rings is 1. The van der Waals surface area contributed by atoms with Crippen LogP contribution in [0.2, 0.25) is 0 Å². The summed E-state index contributed by atoms with van der Waals surface area (Å²) in [5, 5.41) is 2.97. The Hall–Kier alpha value is -2.33. The van der Waals surface area contributed by atoms with Gasteiger partial charge in [0.05, 0.1) is 0 Å². The molecule has 0 spiro atoms. The van der Waals surface area contributed by atoms with Crippen molar-refractivity contribution in [3.63, 3.8) is 0 Å². The van der Waals surface area contributed by atoms with Gasteiger partial charge in [-0.3, -0.25) is 9.69 Å². The summed E-state index contributed by atoms with van der Waals surface area (Å²) >= 11 is 0. The maximum absolute atomic E-state index is 12.1. The van der Waals surface area contributed by atoms with Gasteiger partial charge in [-0.1, -0.05) is 49.4 Å². The highest BCUT2D eigenvalue weighted by molar-refractivity contribution is 5.77. The monoisotopic (exact) mass is 352 g/mol. The molecule has 1 saturated heterocycles. The number of carbonyl (C=O) groups excluding carboxylic acids is 1. The summed E-state index contributed by atoms with van der Waals surface area (Å²) in [7, 11) is 0. The second-order valence-corrected chi connectivity index (χ2v) is 7.13. The Morgan fingerprint density at radius 2 is 1.85 bits per heavy atom. The number of nitrogens with one attached hydrogen (secondary N) is 1. The zero-order chi connectivity index (χ0) is 18.2. The molecular weight excluding hydrogens is 324 g/mol. The van der Waals surface area contributed by atoms with Gasteiger partial charge >= 0.3 is 0 Å². The lowest BCUT2D eigenvalue weighted by molar-refractivity contribution is -0.123. The van der Waals surface area contributed by atoms with E-state index in [1.54, 1.807) is 0 Å². The van der Waals surface area contributed by atoms with Crippen LogP contribution in [-0.4, -0.2) is 30.5 Å². The minimum atomic E-state index is -0.102. The van der Waals surface area contributed by atoms with Crippen LogP contribution in [0.5, 0.6) is 5.75 Å². The van der Waals surface area contributed by atoms with Gasteiger partial charge in [-0.05, 0) is 48.6 Å². The number of nitrogens with zero attached hydrogens (tertiary/aromatic N) is 1. The van der Waals surface area contributed by atoms with Gasteiger partial charge in [0.1, 0.15) is 5.75 Å². The molecule has 0 unspecified atom stereocenters. The van der Waals surface area contributed by atoms with Crippen molar-refractivity contribution in [3.8, 4) is 5.75 Å². The first-order chi connectivity index (χ1) is 12.7. The van der Waals surface area contributed by atoms with E-state index in [4.69, 9.17) is 4.74 Å². The number of rotatable bonds is 7. The maximum atomic E-state index is 12.1. The molecule has 0 bridgehead atoms. The lowest BCUT2D eigenvalue weighted by atomic mass is 9.99. The summed E-state index contributed by atoms with van der Waals surface area (Å²) in [5.74, 6) is 1.38. The average Bonchev–Trinajstić information content (AvgIpc) is 2.66. The fraction of sp³-hybridized carbons (Fsp3) is 0.409. The van der Waals surface area contributed by atoms with E-state index < -0.39 is 0 Å². The summed E-state index contributed by atoms with van der Waals surface area (Å²) in [4.78, 5) is 14.6. The molecule has 3 rings (SSSR count). The Kier molecular flexibility index (Phi) is 6.67. The molecule has 4 nitrogen and oxygen atoms in total. The molecule has 0 radical (unpaired) electrons. The van der Waals surface area contributed by atoms with Crippen molar-refractivity contribution >= 4 is 5.91 Å². The average molecular weight is 352 g/mol. The number of hydrogen-bond acceptors (Lipinski definition) is 3. The Labute approximate surface area is 156 Å². The lowest BCUT2D eigenvalue weighted by Gasteiger charge is -2.31. The summed E-state index contributed by atoms with van der Waals surface area (Å²) < 4.78 is 5.50. The molecule has 1 heterocycles. The molecule has 1 atom stereocenters. The summed E-state index contributed by atoms with van der Waals surface area (Å²) in [6.07, 6.45) is 2.60. The van der Waals surface area contributed by atoms with Crippen molar-refractivity contribution < 1.29 is 9.53 Å². The molecule has 138 valence electrons. The zero-order valence-corrected chi connectivity index (χ0v) is 15.5. The minimum Gasteiger partial charge on any atom is -0.484 e. The number of likely N-dealkylation sites (tertiary alicyclic amines) is 1. The van der Waals surface area contributed by atoms with E-state index in [0.717, 1.165) is 25.6 Å². The zero-order valence-electron chi connectivity index (χ0n) is 15.5. The maximum Gasteiger partial charge on any atom is 0.258 e. The number of carbonyl (C=O) groups is 1. The SMILES string of the molecule is C[C@@H]1CCCN(Cc2ccccc2CNC(=O)COc2ccccc2)C1. The number of benzene rings is 2. The standard InChI is InChI=1S/C22H28N2O2/c1-18-8-7-13-24(15-18)16-20-10-6-5-9-19(20)14-23-22(25)17-26-21-11-3-2-4-12-21/h2-6,9-12,18H,7-8,13-17H2,1H3,(H,23,25)/t18-/m1/s1. The number of amides is 1. The first-order valence-corrected chi connectivity index (χ1v) is 9.44. The molecule has 1 amide bonds. The molecule has 26 heavy (non-hydrogen) atoms. The third-order valence-corrected chi connectivity index (χ3v) is 4.84. The van der Waals surface area contributed by atoms with E-state index in [9.17, 15) is 4.79 Å². The molecule has 1 aliphatic heterocycles. The minimum absolute atomic E-state index is 0.0375. The third-order valence-electron chi connectivity index (χ3n) is 4.84. The molecule has 1 aliphatic rings. The van der Waals surface area contributed by atoms with E-state index in [-0.39, 0.29) is 12.5 Å². The van der Waals surface area contributed by atoms with Crippen LogP contribution in [0.25, 0.3) is 0 Å². The summed E-state index contributed by atoms with van der Waals surface area (Å²) in [6.45, 7) is 6.18. The molecule has 4 heteroatoms. The highest BCUT2D eigenvalue weighted by Gasteiger charge is 2.17. The van der Waals surface area contributed by atoms with Gasteiger partial charge in [-0.15, -0.1) is 0 Å². The molecular formula is C22H28N2O2. The Bertz CT molecular complexity index is 702. The van der Waals surface area contributed by atoms with Crippen molar-refractivity contribution in [2.24, 2.45) is 5.92 Å². The van der Waals surface area contributed by atoms with Crippen molar-refractivity contribution in [1.29, 1.82) is 0 Å². The first-order valence-electron chi connectivity index (χ1n) is 9.44. The number of ether oxygens (including phenoxy) is 1. The van der Waals surface area contributed by atoms with Gasteiger partial charge < -0.3 is 10.1 Å². The van der Waals surface area contributed by atoms with Crippen molar-refractivity contribution in [2.75, 3.05) is 19.7 Å². The molecule has 0 aliphatic carbocycles. The normalized spacial score (nSPS) is 17.7. The van der Waals surface area contributed by atoms with Gasteiger partial charge in [0.15, 0.2) is 6.61 Å². The van der Waals surface area contributed by atoms with Crippen molar-refractivity contribution in [2.45, 2.75) is 32.9 Å². The van der Waals surface area contributed by atoms with Crippen molar-refractivity contribution in [3.05, 3.63) is 65.7 Å². The lowest BCUT2D eigenvalue weighted by Crippen LogP contribution is -2.34. The fourth-order valence-electron chi connectivity index (χ4n) is 3.47. The van der Waals surface area contributed by atoms with Crippen LogP contribution < -0.4 is 10.1 Å². The third kappa shape index (κ3) is 5.60. The molecule has 1 N–H and O–H groups in total. The van der Waals surface area contributed by atoms with Crippen molar-refractivity contribution in [1.82, 2.24) is 10.2 Å². The Balaban J connectivity index is 1.50. The van der Waals surface area contributed by atoms with Crippen LogP contribution in [0.3, 0.4) is 0 Å². The second-order valence-electron chi connectivity index (χ2n) is 7.13. The van der Waals surface area contributed by atoms with E-state index >= 15 is 0 Å². The largest absolute Gasteiger partial charge is 0.484 e. The molecule has 0 aromatic heterocycles. The first kappa shape index (κ1) is 18.5. The second kappa shape index (κ2) is 9.39. The van der Waals surface area contributed by atoms with Gasteiger partial charge in [0, 0.05) is 19.6 Å². The highest BCUT2D eigenvalue weighted by Crippen LogP contribution is 2.19. The predicted molar refractivity (Wildman–Crippen MR) is 104 cm³/mol. The highest BCUT2D eigenvalue weighted by atomic mass is 16.5. The van der Waals surface area contributed by atoms with Gasteiger partial charge in [-0.2, -0.15) is 0 Å². The molecule has 2 aromatic carbocycles. The van der Waals surface area contributed by atoms with Gasteiger partial charge in [-0.25, -0.2) is 0 Å². The smallest absolute Gasteiger partial charge is 0.258 e. The quantitative estimate of drug-likeness (QED) is 0.828. The van der Waals surface area contributed by atoms with E-state index in [1.807, 2.05) is 36.4 Å². The van der Waals surface area contributed by atoms with E-state index in [1.165, 1.54) is 24.0 Å². The molecule has 1 fully saturated rings. The number of hydrogen-bond donors (Lipinski definition) is 1. The summed E-state index contributed by atoms with van der Waals surface area (Å²) in [6, 6.07) is 17.8. The summed E-state index contributed by atoms with van der Waals surface area (Å²) in [5.41, 5.74) is 2.48. The Morgan fingerprint density at radius 3 is 2.62 bits per heavy atom. The van der Waals surface area contributed by atoms with Gasteiger partial charge in [0.25, 0.3) is 5.91 Å². The van der Waals surface area contributed by atoms with Crippen LogP contribution in [-0.2, 0) is 17.9 Å². The fourth-order valence-corrected chi connectivity index (χ4v) is 3.47. The Morgan fingerprint density at radius 1 is 1.12 bits per heavy atom. The van der Waals surface area contributed by atoms with Crippen LogP contribution in [0.15, 0.2) is 54.6 Å². The van der Waals surface area contributed by atoms with Crippen LogP contribution in [0.1, 0.15) is 30.9 Å².